The van der Waals surface area contributed by atoms with E-state index in [0.717, 1.165) is 6.07 Å². The van der Waals surface area contributed by atoms with E-state index < -0.39 is 11.8 Å². The molecule has 0 saturated heterocycles. The summed E-state index contributed by atoms with van der Waals surface area (Å²) in [6.45, 7) is 0.300. The Morgan fingerprint density at radius 2 is 1.90 bits per heavy atom. The molecule has 0 bridgehead atoms. The highest BCUT2D eigenvalue weighted by atomic mass is 79.9. The Hall–Kier alpha value is -1.95. The van der Waals surface area contributed by atoms with Gasteiger partial charge in [-0.3, -0.25) is 0 Å². The minimum atomic E-state index is -1.30. The lowest BCUT2D eigenvalue weighted by Crippen LogP contribution is -2.04. The van der Waals surface area contributed by atoms with E-state index in [-0.39, 0.29) is 11.4 Å². The van der Waals surface area contributed by atoms with Crippen LogP contribution in [0, 0.1) is 11.6 Å². The average molecular weight is 342 g/mol. The molecule has 104 valence electrons. The summed E-state index contributed by atoms with van der Waals surface area (Å²) in [5, 5.41) is 11.7. The summed E-state index contributed by atoms with van der Waals surface area (Å²) >= 11 is 3.07. The molecule has 2 aromatic rings. The van der Waals surface area contributed by atoms with Crippen molar-refractivity contribution in [3.63, 3.8) is 0 Å². The topological polar surface area (TPSA) is 49.3 Å². The molecule has 0 amide bonds. The van der Waals surface area contributed by atoms with E-state index in [1.54, 1.807) is 12.1 Å². The number of hydrogen-bond donors (Lipinski definition) is 2. The number of halogens is 3. The van der Waals surface area contributed by atoms with Gasteiger partial charge in [0.2, 0.25) is 0 Å². The van der Waals surface area contributed by atoms with Gasteiger partial charge in [0.1, 0.15) is 11.6 Å². The summed E-state index contributed by atoms with van der Waals surface area (Å²) in [5.41, 5.74) is 0.896. The molecule has 0 aliphatic heterocycles. The minimum absolute atomic E-state index is 0.300. The predicted molar refractivity (Wildman–Crippen MR) is 74.8 cm³/mol. The summed E-state index contributed by atoms with van der Waals surface area (Å²) in [6.07, 6.45) is 0. The van der Waals surface area contributed by atoms with Crippen LogP contribution in [-0.4, -0.2) is 11.1 Å². The van der Waals surface area contributed by atoms with Crippen LogP contribution in [0.4, 0.5) is 14.5 Å². The minimum Gasteiger partial charge on any atom is -0.478 e. The number of benzene rings is 2. The molecule has 0 unspecified atom stereocenters. The van der Waals surface area contributed by atoms with Crippen LogP contribution in [0.3, 0.4) is 0 Å². The van der Waals surface area contributed by atoms with Crippen molar-refractivity contribution in [2.45, 2.75) is 6.54 Å². The summed E-state index contributed by atoms with van der Waals surface area (Å²) in [5.74, 6) is -2.45. The van der Waals surface area contributed by atoms with E-state index in [1.807, 2.05) is 0 Å². The molecule has 2 rings (SSSR count). The molecule has 0 aromatic heterocycles. The lowest BCUT2D eigenvalue weighted by Gasteiger charge is -2.08. The van der Waals surface area contributed by atoms with Gasteiger partial charge in [-0.1, -0.05) is 6.07 Å². The summed E-state index contributed by atoms with van der Waals surface area (Å²) in [4.78, 5) is 10.7. The lowest BCUT2D eigenvalue weighted by molar-refractivity contribution is 0.0692. The standard InChI is InChI=1S/C14H10BrF2NO2/c15-11-6-9(2-4-12(11)16)18-7-8-1-3-10(14(19)20)13(17)5-8/h1-6,18H,7H2,(H,19,20). The number of carbonyl (C=O) groups is 1. The Morgan fingerprint density at radius 3 is 2.50 bits per heavy atom. The van der Waals surface area contributed by atoms with Crippen LogP contribution in [0.15, 0.2) is 40.9 Å². The Kier molecular flexibility index (Phi) is 4.34. The SMILES string of the molecule is O=C(O)c1ccc(CNc2ccc(F)c(Br)c2)cc1F. The molecular formula is C14H10BrF2NO2. The van der Waals surface area contributed by atoms with E-state index in [4.69, 9.17) is 5.11 Å². The Bertz CT molecular complexity index is 662. The monoisotopic (exact) mass is 341 g/mol. The van der Waals surface area contributed by atoms with Crippen molar-refractivity contribution < 1.29 is 18.7 Å². The largest absolute Gasteiger partial charge is 0.478 e. The number of anilines is 1. The van der Waals surface area contributed by atoms with E-state index in [1.165, 1.54) is 18.2 Å². The average Bonchev–Trinajstić information content (AvgIpc) is 2.40. The Morgan fingerprint density at radius 1 is 1.15 bits per heavy atom. The predicted octanol–water partition coefficient (Wildman–Crippen LogP) is 4.04. The molecule has 0 atom stereocenters. The van der Waals surface area contributed by atoms with Crippen molar-refractivity contribution in [3.8, 4) is 0 Å². The number of carboxylic acid groups (broad SMARTS) is 1. The molecule has 0 spiro atoms. The lowest BCUT2D eigenvalue weighted by atomic mass is 10.1. The number of aromatic carboxylic acids is 1. The summed E-state index contributed by atoms with van der Waals surface area (Å²) < 4.78 is 26.9. The van der Waals surface area contributed by atoms with Crippen molar-refractivity contribution in [2.75, 3.05) is 5.32 Å². The van der Waals surface area contributed by atoms with Gasteiger partial charge in [-0.05, 0) is 51.8 Å². The first-order chi connectivity index (χ1) is 9.47. The van der Waals surface area contributed by atoms with Crippen LogP contribution in [0.1, 0.15) is 15.9 Å². The van der Waals surface area contributed by atoms with Gasteiger partial charge < -0.3 is 10.4 Å². The number of hydrogen-bond acceptors (Lipinski definition) is 2. The highest BCUT2D eigenvalue weighted by Crippen LogP contribution is 2.20. The van der Waals surface area contributed by atoms with Crippen molar-refractivity contribution >= 4 is 27.6 Å². The maximum atomic E-state index is 13.5. The number of carboxylic acids is 1. The van der Waals surface area contributed by atoms with Gasteiger partial charge in [-0.15, -0.1) is 0 Å². The third-order valence-electron chi connectivity index (χ3n) is 2.68. The highest BCUT2D eigenvalue weighted by Gasteiger charge is 2.10. The van der Waals surface area contributed by atoms with Crippen LogP contribution in [0.5, 0.6) is 0 Å². The summed E-state index contributed by atoms with van der Waals surface area (Å²) in [7, 11) is 0. The highest BCUT2D eigenvalue weighted by molar-refractivity contribution is 9.10. The molecule has 0 aliphatic rings. The number of nitrogens with one attached hydrogen (secondary N) is 1. The van der Waals surface area contributed by atoms with Crippen molar-refractivity contribution in [3.05, 3.63) is 63.6 Å². The van der Waals surface area contributed by atoms with E-state index in [9.17, 15) is 13.6 Å². The zero-order chi connectivity index (χ0) is 14.7. The van der Waals surface area contributed by atoms with Crippen molar-refractivity contribution in [1.29, 1.82) is 0 Å². The van der Waals surface area contributed by atoms with Gasteiger partial charge >= 0.3 is 5.97 Å². The second kappa shape index (κ2) is 6.00. The maximum Gasteiger partial charge on any atom is 0.338 e. The Labute approximate surface area is 122 Å². The smallest absolute Gasteiger partial charge is 0.338 e. The van der Waals surface area contributed by atoms with Gasteiger partial charge in [0.15, 0.2) is 0 Å². The molecule has 0 radical (unpaired) electrons. The molecule has 0 fully saturated rings. The van der Waals surface area contributed by atoms with Crippen molar-refractivity contribution in [1.82, 2.24) is 0 Å². The maximum absolute atomic E-state index is 13.5. The molecular weight excluding hydrogens is 332 g/mol. The molecule has 20 heavy (non-hydrogen) atoms. The summed E-state index contributed by atoms with van der Waals surface area (Å²) in [6, 6.07) is 8.34. The van der Waals surface area contributed by atoms with Gasteiger partial charge in [0, 0.05) is 12.2 Å². The first kappa shape index (κ1) is 14.5. The van der Waals surface area contributed by atoms with Crippen LogP contribution < -0.4 is 5.32 Å². The first-order valence-corrected chi connectivity index (χ1v) is 6.47. The third kappa shape index (κ3) is 3.33. The second-order valence-electron chi connectivity index (χ2n) is 4.10. The van der Waals surface area contributed by atoms with E-state index in [0.29, 0.717) is 22.3 Å². The van der Waals surface area contributed by atoms with Crippen LogP contribution in [0.25, 0.3) is 0 Å². The van der Waals surface area contributed by atoms with E-state index >= 15 is 0 Å². The normalized spacial score (nSPS) is 10.3. The molecule has 2 N–H and O–H groups in total. The van der Waals surface area contributed by atoms with E-state index in [2.05, 4.69) is 21.2 Å². The molecule has 0 aliphatic carbocycles. The van der Waals surface area contributed by atoms with Crippen LogP contribution >= 0.6 is 15.9 Å². The molecule has 2 aromatic carbocycles. The molecule has 0 saturated carbocycles. The fraction of sp³-hybridized carbons (Fsp3) is 0.0714. The first-order valence-electron chi connectivity index (χ1n) is 5.68. The van der Waals surface area contributed by atoms with Gasteiger partial charge in [0.25, 0.3) is 0 Å². The van der Waals surface area contributed by atoms with Crippen LogP contribution in [-0.2, 0) is 6.54 Å². The quantitative estimate of drug-likeness (QED) is 0.882. The van der Waals surface area contributed by atoms with Gasteiger partial charge in [-0.2, -0.15) is 0 Å². The van der Waals surface area contributed by atoms with Crippen LogP contribution in [0.2, 0.25) is 0 Å². The van der Waals surface area contributed by atoms with Gasteiger partial charge in [0.05, 0.1) is 10.0 Å². The molecule has 0 heterocycles. The number of rotatable bonds is 4. The zero-order valence-corrected chi connectivity index (χ0v) is 11.7. The fourth-order valence-electron chi connectivity index (χ4n) is 1.65. The Balaban J connectivity index is 2.09. The zero-order valence-electron chi connectivity index (χ0n) is 10.2. The van der Waals surface area contributed by atoms with Gasteiger partial charge in [-0.25, -0.2) is 13.6 Å². The van der Waals surface area contributed by atoms with Crippen molar-refractivity contribution in [2.24, 2.45) is 0 Å². The molecule has 3 nitrogen and oxygen atoms in total. The third-order valence-corrected chi connectivity index (χ3v) is 3.29. The second-order valence-corrected chi connectivity index (χ2v) is 4.96. The fourth-order valence-corrected chi connectivity index (χ4v) is 2.03. The molecule has 6 heteroatoms.